The van der Waals surface area contributed by atoms with Gasteiger partial charge in [-0.15, -0.1) is 0 Å². The van der Waals surface area contributed by atoms with Crippen molar-refractivity contribution in [1.29, 1.82) is 0 Å². The van der Waals surface area contributed by atoms with E-state index in [9.17, 15) is 0 Å². The molecule has 0 radical (unpaired) electrons. The molecule has 0 N–H and O–H groups in total. The van der Waals surface area contributed by atoms with E-state index in [1.807, 2.05) is 24.3 Å². The minimum absolute atomic E-state index is 0.561. The second-order valence-electron chi connectivity index (χ2n) is 3.68. The third-order valence-corrected chi connectivity index (χ3v) is 3.13. The summed E-state index contributed by atoms with van der Waals surface area (Å²) in [7, 11) is 0. The molecule has 2 aromatic rings. The first-order valence-corrected chi connectivity index (χ1v) is 7.31. The summed E-state index contributed by atoms with van der Waals surface area (Å²) in [6.45, 7) is 1.12. The van der Waals surface area contributed by atoms with Crippen molar-refractivity contribution in [3.63, 3.8) is 0 Å². The van der Waals surface area contributed by atoms with Crippen molar-refractivity contribution in [1.82, 2.24) is 9.97 Å². The van der Waals surface area contributed by atoms with E-state index in [-0.39, 0.29) is 0 Å². The van der Waals surface area contributed by atoms with Crippen LogP contribution in [0.15, 0.2) is 45.6 Å². The Kier molecular flexibility index (Phi) is 5.60. The summed E-state index contributed by atoms with van der Waals surface area (Å²) in [5.41, 5.74) is 0. The van der Waals surface area contributed by atoms with E-state index in [0.29, 0.717) is 25.0 Å². The van der Waals surface area contributed by atoms with Crippen molar-refractivity contribution in [3.05, 3.63) is 45.6 Å². The van der Waals surface area contributed by atoms with Crippen LogP contribution in [0.5, 0.6) is 11.8 Å². The molecule has 0 amide bonds. The Morgan fingerprint density at radius 2 is 1.26 bits per heavy atom. The predicted molar refractivity (Wildman–Crippen MR) is 79.5 cm³/mol. The van der Waals surface area contributed by atoms with E-state index >= 15 is 0 Å². The van der Waals surface area contributed by atoms with Gasteiger partial charge in [-0.1, -0.05) is 0 Å². The number of ether oxygens (including phenoxy) is 2. The summed E-state index contributed by atoms with van der Waals surface area (Å²) >= 11 is 6.64. The number of nitrogens with zero attached hydrogens (tertiary/aromatic N) is 2. The zero-order valence-corrected chi connectivity index (χ0v) is 13.2. The molecular formula is C13H12Br2N2O2. The highest BCUT2D eigenvalue weighted by Crippen LogP contribution is 2.13. The van der Waals surface area contributed by atoms with Gasteiger partial charge in [0.15, 0.2) is 0 Å². The van der Waals surface area contributed by atoms with Crippen LogP contribution >= 0.6 is 31.9 Å². The Bertz CT molecular complexity index is 456. The largest absolute Gasteiger partial charge is 0.478 e. The number of aromatic nitrogens is 2. The molecule has 0 aliphatic heterocycles. The normalized spacial score (nSPS) is 10.2. The lowest BCUT2D eigenvalue weighted by Crippen LogP contribution is -2.06. The molecule has 0 aromatic carbocycles. The fourth-order valence-electron chi connectivity index (χ4n) is 1.31. The highest BCUT2D eigenvalue weighted by molar-refractivity contribution is 9.10. The molecule has 0 atom stereocenters. The van der Waals surface area contributed by atoms with Crippen LogP contribution in [-0.2, 0) is 0 Å². The quantitative estimate of drug-likeness (QED) is 0.706. The molecule has 100 valence electrons. The van der Waals surface area contributed by atoms with Gasteiger partial charge in [-0.3, -0.25) is 0 Å². The van der Waals surface area contributed by atoms with Gasteiger partial charge in [0.05, 0.1) is 13.2 Å². The molecule has 0 saturated heterocycles. The van der Waals surface area contributed by atoms with Gasteiger partial charge in [0, 0.05) is 39.9 Å². The van der Waals surface area contributed by atoms with E-state index in [1.54, 1.807) is 12.4 Å². The molecule has 19 heavy (non-hydrogen) atoms. The Hall–Kier alpha value is -1.14. The lowest BCUT2D eigenvalue weighted by molar-refractivity contribution is 0.237. The molecule has 2 rings (SSSR count). The molecule has 2 aromatic heterocycles. The van der Waals surface area contributed by atoms with Gasteiger partial charge in [0.1, 0.15) is 0 Å². The van der Waals surface area contributed by atoms with Crippen LogP contribution in [0, 0.1) is 0 Å². The van der Waals surface area contributed by atoms with Gasteiger partial charge in [0.2, 0.25) is 11.8 Å². The SMILES string of the molecule is Brc1ccc(OCCCOc2ccc(Br)cn2)nc1. The number of rotatable bonds is 6. The summed E-state index contributed by atoms with van der Waals surface area (Å²) in [5.74, 6) is 1.23. The van der Waals surface area contributed by atoms with Crippen LogP contribution < -0.4 is 9.47 Å². The second-order valence-corrected chi connectivity index (χ2v) is 5.51. The Morgan fingerprint density at radius 3 is 1.63 bits per heavy atom. The van der Waals surface area contributed by atoms with Gasteiger partial charge in [0.25, 0.3) is 0 Å². The second kappa shape index (κ2) is 7.45. The van der Waals surface area contributed by atoms with Crippen LogP contribution in [0.4, 0.5) is 0 Å². The van der Waals surface area contributed by atoms with Crippen molar-refractivity contribution in [2.75, 3.05) is 13.2 Å². The monoisotopic (exact) mass is 386 g/mol. The van der Waals surface area contributed by atoms with Crippen molar-refractivity contribution in [2.24, 2.45) is 0 Å². The van der Waals surface area contributed by atoms with Crippen molar-refractivity contribution in [2.45, 2.75) is 6.42 Å². The molecule has 0 spiro atoms. The Morgan fingerprint density at radius 1 is 0.789 bits per heavy atom. The van der Waals surface area contributed by atoms with Crippen molar-refractivity contribution >= 4 is 31.9 Å². The van der Waals surface area contributed by atoms with E-state index < -0.39 is 0 Å². The lowest BCUT2D eigenvalue weighted by Gasteiger charge is -2.06. The molecule has 0 unspecified atom stereocenters. The molecule has 4 nitrogen and oxygen atoms in total. The van der Waals surface area contributed by atoms with E-state index in [1.165, 1.54) is 0 Å². The highest BCUT2D eigenvalue weighted by Gasteiger charge is 1.97. The van der Waals surface area contributed by atoms with E-state index in [4.69, 9.17) is 9.47 Å². The third-order valence-electron chi connectivity index (χ3n) is 2.19. The van der Waals surface area contributed by atoms with Gasteiger partial charge in [-0.2, -0.15) is 0 Å². The maximum Gasteiger partial charge on any atom is 0.213 e. The number of hydrogen-bond acceptors (Lipinski definition) is 4. The summed E-state index contributed by atoms with van der Waals surface area (Å²) in [5, 5.41) is 0. The average Bonchev–Trinajstić information content (AvgIpc) is 2.43. The Balaban J connectivity index is 1.64. The van der Waals surface area contributed by atoms with Crippen molar-refractivity contribution < 1.29 is 9.47 Å². The molecule has 2 heterocycles. The first-order valence-electron chi connectivity index (χ1n) is 5.73. The zero-order valence-electron chi connectivity index (χ0n) is 10.1. The summed E-state index contributed by atoms with van der Waals surface area (Å²) in [6, 6.07) is 7.43. The van der Waals surface area contributed by atoms with Gasteiger partial charge >= 0.3 is 0 Å². The minimum Gasteiger partial charge on any atom is -0.478 e. The molecule has 0 saturated carbocycles. The standard InChI is InChI=1S/C13H12Br2N2O2/c14-10-2-4-12(16-8-10)18-6-1-7-19-13-5-3-11(15)9-17-13/h2-5,8-9H,1,6-7H2. The molecule has 0 fully saturated rings. The predicted octanol–water partition coefficient (Wildman–Crippen LogP) is 3.85. The molecular weight excluding hydrogens is 376 g/mol. The highest BCUT2D eigenvalue weighted by atomic mass is 79.9. The van der Waals surface area contributed by atoms with Gasteiger partial charge in [-0.05, 0) is 44.0 Å². The summed E-state index contributed by atoms with van der Waals surface area (Å²) < 4.78 is 12.8. The number of halogens is 2. The van der Waals surface area contributed by atoms with Crippen LogP contribution in [0.3, 0.4) is 0 Å². The smallest absolute Gasteiger partial charge is 0.213 e. The van der Waals surface area contributed by atoms with Crippen LogP contribution in [0.1, 0.15) is 6.42 Å². The van der Waals surface area contributed by atoms with Crippen LogP contribution in [-0.4, -0.2) is 23.2 Å². The molecule has 0 aliphatic rings. The first-order chi connectivity index (χ1) is 9.24. The summed E-state index contributed by atoms with van der Waals surface area (Å²) in [6.07, 6.45) is 4.19. The maximum absolute atomic E-state index is 5.48. The maximum atomic E-state index is 5.48. The fraction of sp³-hybridized carbons (Fsp3) is 0.231. The Labute approximate surface area is 128 Å². The average molecular weight is 388 g/mol. The minimum atomic E-state index is 0.561. The lowest BCUT2D eigenvalue weighted by atomic mass is 10.4. The zero-order chi connectivity index (χ0) is 13.5. The molecule has 0 bridgehead atoms. The summed E-state index contributed by atoms with van der Waals surface area (Å²) in [4.78, 5) is 8.23. The first kappa shape index (κ1) is 14.3. The topological polar surface area (TPSA) is 44.2 Å². The molecule has 0 aliphatic carbocycles. The van der Waals surface area contributed by atoms with Gasteiger partial charge < -0.3 is 9.47 Å². The van der Waals surface area contributed by atoms with Crippen LogP contribution in [0.2, 0.25) is 0 Å². The third kappa shape index (κ3) is 5.16. The van der Waals surface area contributed by atoms with E-state index in [0.717, 1.165) is 15.4 Å². The van der Waals surface area contributed by atoms with Crippen LogP contribution in [0.25, 0.3) is 0 Å². The number of hydrogen-bond donors (Lipinski definition) is 0. The fourth-order valence-corrected chi connectivity index (χ4v) is 1.78. The number of pyridine rings is 2. The van der Waals surface area contributed by atoms with Crippen molar-refractivity contribution in [3.8, 4) is 11.8 Å². The molecule has 6 heteroatoms. The van der Waals surface area contributed by atoms with Gasteiger partial charge in [-0.25, -0.2) is 9.97 Å². The van der Waals surface area contributed by atoms with E-state index in [2.05, 4.69) is 41.8 Å².